The molecule has 1 aromatic carbocycles. The van der Waals surface area contributed by atoms with E-state index in [2.05, 4.69) is 35.7 Å². The van der Waals surface area contributed by atoms with Gasteiger partial charge in [-0.1, -0.05) is 56.7 Å². The van der Waals surface area contributed by atoms with Crippen molar-refractivity contribution in [2.75, 3.05) is 0 Å². The van der Waals surface area contributed by atoms with E-state index in [4.69, 9.17) is 4.98 Å². The fourth-order valence-electron chi connectivity index (χ4n) is 3.06. The highest BCUT2D eigenvalue weighted by Crippen LogP contribution is 2.33. The molecule has 4 heteroatoms. The quantitative estimate of drug-likeness (QED) is 0.380. The van der Waals surface area contributed by atoms with Crippen LogP contribution in [0.4, 0.5) is 5.82 Å². The Morgan fingerprint density at radius 1 is 1.11 bits per heavy atom. The topological polar surface area (TPSA) is 34.6 Å². The lowest BCUT2D eigenvalue weighted by atomic mass is 10.2. The van der Waals surface area contributed by atoms with E-state index in [0.29, 0.717) is 0 Å². The molecule has 0 spiro atoms. The number of allylic oxidation sites excluding steroid dienone is 7. The number of rotatable bonds is 7. The Morgan fingerprint density at radius 2 is 1.89 bits per heavy atom. The molecule has 0 unspecified atom stereocenters. The van der Waals surface area contributed by atoms with Crippen LogP contribution in [0.5, 0.6) is 0 Å². The molecule has 0 bridgehead atoms. The Labute approximate surface area is 159 Å². The predicted molar refractivity (Wildman–Crippen MR) is 118 cm³/mol. The SMILES string of the molecule is C=C/C=N\c1c(C=C)n2c3ccccc3nc2n1/C(C=C)=C/C(C)=C\C=C. The smallest absolute Gasteiger partial charge is 0.221 e. The molecular formula is C23H22N4. The number of nitrogens with zero attached hydrogens (tertiary/aromatic N) is 4. The normalized spacial score (nSPS) is 12.8. The van der Waals surface area contributed by atoms with Gasteiger partial charge in [-0.05, 0) is 42.9 Å². The van der Waals surface area contributed by atoms with E-state index in [-0.39, 0.29) is 0 Å². The number of imidazole rings is 2. The molecule has 0 atom stereocenters. The molecule has 2 aromatic heterocycles. The van der Waals surface area contributed by atoms with Crippen LogP contribution in [-0.4, -0.2) is 20.2 Å². The van der Waals surface area contributed by atoms with Gasteiger partial charge in [0.1, 0.15) is 0 Å². The lowest BCUT2D eigenvalue weighted by Crippen LogP contribution is -1.96. The first kappa shape index (κ1) is 18.1. The lowest BCUT2D eigenvalue weighted by molar-refractivity contribution is 1.11. The third kappa shape index (κ3) is 3.13. The second-order valence-electron chi connectivity index (χ2n) is 5.92. The van der Waals surface area contributed by atoms with Crippen molar-refractivity contribution in [1.82, 2.24) is 14.0 Å². The van der Waals surface area contributed by atoms with Gasteiger partial charge in [-0.2, -0.15) is 0 Å². The summed E-state index contributed by atoms with van der Waals surface area (Å²) in [6.07, 6.45) is 12.6. The first-order valence-corrected chi connectivity index (χ1v) is 8.59. The molecule has 3 aromatic rings. The maximum absolute atomic E-state index is 4.82. The van der Waals surface area contributed by atoms with Crippen LogP contribution in [0, 0.1) is 0 Å². The van der Waals surface area contributed by atoms with Gasteiger partial charge < -0.3 is 0 Å². The van der Waals surface area contributed by atoms with Crippen molar-refractivity contribution in [3.05, 3.63) is 92.2 Å². The molecule has 27 heavy (non-hydrogen) atoms. The summed E-state index contributed by atoms with van der Waals surface area (Å²) >= 11 is 0. The molecule has 0 radical (unpaired) electrons. The van der Waals surface area contributed by atoms with Crippen molar-refractivity contribution in [2.24, 2.45) is 4.99 Å². The van der Waals surface area contributed by atoms with E-state index in [0.717, 1.165) is 39.6 Å². The number of hydrogen-bond acceptors (Lipinski definition) is 2. The van der Waals surface area contributed by atoms with E-state index < -0.39 is 0 Å². The average Bonchev–Trinajstić information content (AvgIpc) is 3.18. The zero-order valence-corrected chi connectivity index (χ0v) is 15.5. The summed E-state index contributed by atoms with van der Waals surface area (Å²) in [6.45, 7) is 17.5. The van der Waals surface area contributed by atoms with Crippen LogP contribution in [-0.2, 0) is 0 Å². The first-order chi connectivity index (χ1) is 13.2. The standard InChI is InChI=1S/C23H22N4/c1-6-12-17(5)16-18(8-3)26-22(24-15-7-2)20(9-4)27-21-14-11-10-13-19(21)25-23(26)27/h6-16H,1-4H2,5H3/b17-12-,18-16+,24-15-. The van der Waals surface area contributed by atoms with Crippen molar-refractivity contribution < 1.29 is 0 Å². The summed E-state index contributed by atoms with van der Waals surface area (Å²) in [6, 6.07) is 8.00. The number of aliphatic imine (C=N–C) groups is 1. The molecular weight excluding hydrogens is 332 g/mol. The van der Waals surface area contributed by atoms with Gasteiger partial charge in [0.05, 0.1) is 22.4 Å². The number of hydrogen-bond donors (Lipinski definition) is 0. The minimum atomic E-state index is 0.718. The minimum absolute atomic E-state index is 0.718. The van der Waals surface area contributed by atoms with Gasteiger partial charge in [-0.15, -0.1) is 0 Å². The van der Waals surface area contributed by atoms with Crippen molar-refractivity contribution in [2.45, 2.75) is 6.92 Å². The lowest BCUT2D eigenvalue weighted by Gasteiger charge is -2.07. The molecule has 0 fully saturated rings. The van der Waals surface area contributed by atoms with Gasteiger partial charge in [0.15, 0.2) is 5.82 Å². The molecule has 0 saturated carbocycles. The highest BCUT2D eigenvalue weighted by molar-refractivity contribution is 5.87. The third-order valence-electron chi connectivity index (χ3n) is 4.14. The van der Waals surface area contributed by atoms with Gasteiger partial charge in [0.2, 0.25) is 5.78 Å². The van der Waals surface area contributed by atoms with Gasteiger partial charge in [-0.3, -0.25) is 8.97 Å². The Hall–Kier alpha value is -3.66. The number of fused-ring (bicyclic) bond motifs is 3. The maximum atomic E-state index is 4.82. The molecule has 0 aliphatic rings. The van der Waals surface area contributed by atoms with Crippen LogP contribution >= 0.6 is 0 Å². The number of benzene rings is 1. The summed E-state index contributed by atoms with van der Waals surface area (Å²) in [5.74, 6) is 1.47. The van der Waals surface area contributed by atoms with Gasteiger partial charge in [0, 0.05) is 6.21 Å². The highest BCUT2D eigenvalue weighted by atomic mass is 15.3. The van der Waals surface area contributed by atoms with Crippen molar-refractivity contribution in [3.8, 4) is 0 Å². The predicted octanol–water partition coefficient (Wildman–Crippen LogP) is 5.98. The van der Waals surface area contributed by atoms with Crippen LogP contribution in [0.1, 0.15) is 12.6 Å². The highest BCUT2D eigenvalue weighted by Gasteiger charge is 2.20. The van der Waals surface area contributed by atoms with Crippen LogP contribution in [0.3, 0.4) is 0 Å². The summed E-state index contributed by atoms with van der Waals surface area (Å²) in [5, 5.41) is 0. The van der Waals surface area contributed by atoms with Gasteiger partial charge in [0.25, 0.3) is 0 Å². The molecule has 4 nitrogen and oxygen atoms in total. The number of aromatic nitrogens is 3. The average molecular weight is 354 g/mol. The van der Waals surface area contributed by atoms with Crippen LogP contribution in [0.15, 0.2) is 91.5 Å². The molecule has 2 heterocycles. The largest absolute Gasteiger partial charge is 0.274 e. The fourth-order valence-corrected chi connectivity index (χ4v) is 3.06. The first-order valence-electron chi connectivity index (χ1n) is 8.59. The molecule has 0 aliphatic carbocycles. The van der Waals surface area contributed by atoms with E-state index in [9.17, 15) is 0 Å². The van der Waals surface area contributed by atoms with Crippen LogP contribution in [0.25, 0.3) is 28.6 Å². The zero-order chi connectivity index (χ0) is 19.4. The van der Waals surface area contributed by atoms with E-state index in [1.807, 2.05) is 47.9 Å². The molecule has 0 aliphatic heterocycles. The van der Waals surface area contributed by atoms with Crippen molar-refractivity contribution in [1.29, 1.82) is 0 Å². The monoisotopic (exact) mass is 354 g/mol. The van der Waals surface area contributed by atoms with Gasteiger partial charge >= 0.3 is 0 Å². The molecule has 0 N–H and O–H groups in total. The van der Waals surface area contributed by atoms with Crippen LogP contribution in [0.2, 0.25) is 0 Å². The Bertz CT molecular complexity index is 1150. The molecule has 3 rings (SSSR count). The summed E-state index contributed by atoms with van der Waals surface area (Å²) < 4.78 is 4.03. The Morgan fingerprint density at radius 3 is 2.56 bits per heavy atom. The van der Waals surface area contributed by atoms with Crippen LogP contribution < -0.4 is 0 Å². The van der Waals surface area contributed by atoms with E-state index in [1.165, 1.54) is 0 Å². The minimum Gasteiger partial charge on any atom is -0.274 e. The molecule has 134 valence electrons. The van der Waals surface area contributed by atoms with E-state index >= 15 is 0 Å². The third-order valence-corrected chi connectivity index (χ3v) is 4.14. The summed E-state index contributed by atoms with van der Waals surface area (Å²) in [5.41, 5.74) is 4.66. The van der Waals surface area contributed by atoms with E-state index in [1.54, 1.807) is 30.5 Å². The summed E-state index contributed by atoms with van der Waals surface area (Å²) in [4.78, 5) is 9.42. The Kier molecular flexibility index (Phi) is 5.18. The summed E-state index contributed by atoms with van der Waals surface area (Å²) in [7, 11) is 0. The molecule has 0 amide bonds. The second-order valence-corrected chi connectivity index (χ2v) is 5.92. The zero-order valence-electron chi connectivity index (χ0n) is 15.5. The maximum Gasteiger partial charge on any atom is 0.221 e. The Balaban J connectivity index is 2.48. The van der Waals surface area contributed by atoms with Crippen molar-refractivity contribution >= 4 is 40.6 Å². The molecule has 0 saturated heterocycles. The van der Waals surface area contributed by atoms with Crippen molar-refractivity contribution in [3.63, 3.8) is 0 Å². The fraction of sp³-hybridized carbons (Fsp3) is 0.0435. The second kappa shape index (κ2) is 7.70. The number of para-hydroxylation sites is 2. The van der Waals surface area contributed by atoms with Gasteiger partial charge in [-0.25, -0.2) is 9.98 Å².